The molecule has 0 aromatic carbocycles. The maximum atomic E-state index is 5.62. The fraction of sp³-hybridized carbons (Fsp3) is 0.765. The van der Waals surface area contributed by atoms with Gasteiger partial charge in [0.1, 0.15) is 12.1 Å². The zero-order valence-electron chi connectivity index (χ0n) is 13.9. The van der Waals surface area contributed by atoms with Crippen LogP contribution in [0, 0.1) is 24.7 Å². The first-order valence-corrected chi connectivity index (χ1v) is 8.69. The van der Waals surface area contributed by atoms with Crippen molar-refractivity contribution in [2.75, 3.05) is 64.1 Å². The minimum absolute atomic E-state index is 0.525. The van der Waals surface area contributed by atoms with Gasteiger partial charge in [0.05, 0.1) is 26.4 Å². The Morgan fingerprint density at radius 2 is 1.74 bits per heavy atom. The first-order valence-electron chi connectivity index (χ1n) is 8.69. The molecule has 0 radical (unpaired) electrons. The van der Waals surface area contributed by atoms with Gasteiger partial charge in [-0.2, -0.15) is 0 Å². The smallest absolute Gasteiger partial charge is 0.132 e. The number of anilines is 1. The molecule has 0 N–H and O–H groups in total. The number of nitrogens with zero attached hydrogens (tertiary/aromatic N) is 4. The monoisotopic (exact) mass is 318 g/mol. The van der Waals surface area contributed by atoms with Crippen molar-refractivity contribution in [1.29, 1.82) is 0 Å². The lowest BCUT2D eigenvalue weighted by atomic mass is 10.0. The van der Waals surface area contributed by atoms with E-state index in [4.69, 9.17) is 9.47 Å². The fourth-order valence-corrected chi connectivity index (χ4v) is 4.18. The molecule has 4 heterocycles. The molecular formula is C17H26N4O2. The van der Waals surface area contributed by atoms with E-state index in [1.165, 1.54) is 13.1 Å². The number of likely N-dealkylation sites (tertiary alicyclic amines) is 1. The van der Waals surface area contributed by atoms with Gasteiger partial charge in [-0.25, -0.2) is 9.97 Å². The fourth-order valence-electron chi connectivity index (χ4n) is 4.18. The quantitative estimate of drug-likeness (QED) is 0.822. The summed E-state index contributed by atoms with van der Waals surface area (Å²) in [7, 11) is 0. The van der Waals surface area contributed by atoms with Crippen LogP contribution in [0.3, 0.4) is 0 Å². The van der Waals surface area contributed by atoms with E-state index in [9.17, 15) is 0 Å². The largest absolute Gasteiger partial charge is 0.379 e. The number of fused-ring (bicyclic) bond motifs is 1. The third-order valence-corrected chi connectivity index (χ3v) is 5.27. The lowest BCUT2D eigenvalue weighted by molar-refractivity contribution is 0.103. The molecule has 3 aliphatic heterocycles. The van der Waals surface area contributed by atoms with Crippen LogP contribution in [0.1, 0.15) is 5.69 Å². The maximum absolute atomic E-state index is 5.62. The summed E-state index contributed by atoms with van der Waals surface area (Å²) >= 11 is 0. The Morgan fingerprint density at radius 1 is 1.04 bits per heavy atom. The van der Waals surface area contributed by atoms with Crippen LogP contribution in [0.15, 0.2) is 12.4 Å². The molecule has 1 aromatic heterocycles. The van der Waals surface area contributed by atoms with Gasteiger partial charge in [0.15, 0.2) is 0 Å². The van der Waals surface area contributed by atoms with Crippen molar-refractivity contribution in [3.8, 4) is 0 Å². The Balaban J connectivity index is 1.31. The molecule has 4 rings (SSSR count). The predicted octanol–water partition coefficient (Wildman–Crippen LogP) is 0.816. The average Bonchev–Trinajstić information content (AvgIpc) is 2.97. The summed E-state index contributed by atoms with van der Waals surface area (Å²) in [5, 5.41) is 0. The van der Waals surface area contributed by atoms with Gasteiger partial charge in [-0.1, -0.05) is 0 Å². The number of rotatable bonds is 3. The van der Waals surface area contributed by atoms with Gasteiger partial charge < -0.3 is 19.3 Å². The Kier molecular flexibility index (Phi) is 4.46. The molecule has 0 amide bonds. The zero-order valence-corrected chi connectivity index (χ0v) is 13.9. The van der Waals surface area contributed by atoms with Crippen molar-refractivity contribution >= 4 is 5.82 Å². The number of aromatic nitrogens is 2. The highest BCUT2D eigenvalue weighted by Gasteiger charge is 2.40. The van der Waals surface area contributed by atoms with Crippen LogP contribution in [0.25, 0.3) is 0 Å². The molecule has 6 nitrogen and oxygen atoms in total. The molecule has 0 bridgehead atoms. The summed E-state index contributed by atoms with van der Waals surface area (Å²) in [6, 6.07) is 2.10. The van der Waals surface area contributed by atoms with Crippen LogP contribution in [-0.4, -0.2) is 74.0 Å². The molecule has 3 saturated heterocycles. The van der Waals surface area contributed by atoms with E-state index in [-0.39, 0.29) is 0 Å². The minimum atomic E-state index is 0.525. The van der Waals surface area contributed by atoms with Crippen molar-refractivity contribution in [3.05, 3.63) is 18.1 Å². The highest BCUT2D eigenvalue weighted by molar-refractivity contribution is 5.40. The molecule has 1 aromatic rings. The summed E-state index contributed by atoms with van der Waals surface area (Å²) in [6.45, 7) is 11.0. The van der Waals surface area contributed by atoms with Crippen LogP contribution < -0.4 is 4.90 Å². The van der Waals surface area contributed by atoms with E-state index in [1.807, 2.05) is 6.92 Å². The van der Waals surface area contributed by atoms with Crippen LogP contribution in [0.2, 0.25) is 0 Å². The van der Waals surface area contributed by atoms with Gasteiger partial charge in [-0.05, 0) is 18.8 Å². The summed E-state index contributed by atoms with van der Waals surface area (Å²) in [6.07, 6.45) is 1.68. The van der Waals surface area contributed by atoms with E-state index in [0.29, 0.717) is 5.92 Å². The number of aryl methyl sites for hydroxylation is 1. The summed E-state index contributed by atoms with van der Waals surface area (Å²) < 4.78 is 11.2. The lowest BCUT2D eigenvalue weighted by Gasteiger charge is -2.25. The first-order chi connectivity index (χ1) is 11.3. The number of hydrogen-bond donors (Lipinski definition) is 0. The number of hydrogen-bond acceptors (Lipinski definition) is 6. The van der Waals surface area contributed by atoms with Crippen LogP contribution >= 0.6 is 0 Å². The third kappa shape index (κ3) is 3.49. The Morgan fingerprint density at radius 3 is 2.39 bits per heavy atom. The first kappa shape index (κ1) is 15.3. The Labute approximate surface area is 137 Å². The van der Waals surface area contributed by atoms with E-state index in [0.717, 1.165) is 69.4 Å². The van der Waals surface area contributed by atoms with E-state index < -0.39 is 0 Å². The standard InChI is InChI=1S/C17H26N4O2/c1-13-4-17(19-12-18-13)21-8-15-6-20(7-16(15)9-21)5-14-10-22-2-3-23-11-14/h4,12,14-16H,2-3,5-11H2,1H3. The molecule has 0 spiro atoms. The van der Waals surface area contributed by atoms with Gasteiger partial charge in [0, 0.05) is 50.4 Å². The third-order valence-electron chi connectivity index (χ3n) is 5.27. The molecule has 0 aliphatic carbocycles. The second-order valence-electron chi connectivity index (χ2n) is 7.18. The summed E-state index contributed by atoms with van der Waals surface area (Å²) in [5.41, 5.74) is 1.04. The van der Waals surface area contributed by atoms with Crippen LogP contribution in [0.5, 0.6) is 0 Å². The zero-order chi connectivity index (χ0) is 15.6. The molecular weight excluding hydrogens is 292 g/mol. The van der Waals surface area contributed by atoms with E-state index in [1.54, 1.807) is 6.33 Å². The second-order valence-corrected chi connectivity index (χ2v) is 7.18. The minimum Gasteiger partial charge on any atom is -0.379 e. The van der Waals surface area contributed by atoms with Crippen molar-refractivity contribution in [2.24, 2.45) is 17.8 Å². The molecule has 3 fully saturated rings. The molecule has 2 unspecified atom stereocenters. The highest BCUT2D eigenvalue weighted by Crippen LogP contribution is 2.33. The average molecular weight is 318 g/mol. The maximum Gasteiger partial charge on any atom is 0.132 e. The topological polar surface area (TPSA) is 50.7 Å². The molecule has 2 atom stereocenters. The summed E-state index contributed by atoms with van der Waals surface area (Å²) in [5.74, 6) is 3.14. The molecule has 126 valence electrons. The molecule has 6 heteroatoms. The highest BCUT2D eigenvalue weighted by atomic mass is 16.5. The van der Waals surface area contributed by atoms with Gasteiger partial charge >= 0.3 is 0 Å². The second kappa shape index (κ2) is 6.71. The normalized spacial score (nSPS) is 29.7. The van der Waals surface area contributed by atoms with Gasteiger partial charge in [0.2, 0.25) is 0 Å². The van der Waals surface area contributed by atoms with Crippen molar-refractivity contribution in [1.82, 2.24) is 14.9 Å². The Hall–Kier alpha value is -1.24. The van der Waals surface area contributed by atoms with Crippen LogP contribution in [-0.2, 0) is 9.47 Å². The van der Waals surface area contributed by atoms with Gasteiger partial charge in [-0.15, -0.1) is 0 Å². The van der Waals surface area contributed by atoms with E-state index in [2.05, 4.69) is 25.8 Å². The SMILES string of the molecule is Cc1cc(N2CC3CN(CC4COCCOC4)CC3C2)ncn1. The predicted molar refractivity (Wildman–Crippen MR) is 87.5 cm³/mol. The van der Waals surface area contributed by atoms with Crippen molar-refractivity contribution < 1.29 is 9.47 Å². The Bertz CT molecular complexity index is 519. The molecule has 3 aliphatic rings. The van der Waals surface area contributed by atoms with Crippen molar-refractivity contribution in [3.63, 3.8) is 0 Å². The lowest BCUT2D eigenvalue weighted by Crippen LogP contribution is -2.34. The van der Waals surface area contributed by atoms with Gasteiger partial charge in [-0.3, -0.25) is 0 Å². The van der Waals surface area contributed by atoms with Crippen LogP contribution in [0.4, 0.5) is 5.82 Å². The van der Waals surface area contributed by atoms with Gasteiger partial charge in [0.25, 0.3) is 0 Å². The molecule has 0 saturated carbocycles. The number of ether oxygens (including phenoxy) is 2. The van der Waals surface area contributed by atoms with E-state index >= 15 is 0 Å². The molecule has 23 heavy (non-hydrogen) atoms. The summed E-state index contributed by atoms with van der Waals surface area (Å²) in [4.78, 5) is 13.7. The van der Waals surface area contributed by atoms with Crippen molar-refractivity contribution in [2.45, 2.75) is 6.92 Å².